The number of halogens is 1. The zero-order chi connectivity index (χ0) is 14.9. The van der Waals surface area contributed by atoms with Gasteiger partial charge in [0.05, 0.1) is 5.41 Å². The maximum Gasteiger partial charge on any atom is 0.235 e. The van der Waals surface area contributed by atoms with E-state index >= 15 is 0 Å². The minimum atomic E-state index is -0.326. The van der Waals surface area contributed by atoms with Crippen LogP contribution in [0, 0.1) is 6.92 Å². The first-order valence-electron chi connectivity index (χ1n) is 7.23. The highest BCUT2D eigenvalue weighted by atomic mass is 79.9. The Morgan fingerprint density at radius 3 is 2.67 bits per heavy atom. The van der Waals surface area contributed by atoms with E-state index in [2.05, 4.69) is 32.7 Å². The first-order valence-corrected chi connectivity index (χ1v) is 8.91. The fourth-order valence-electron chi connectivity index (χ4n) is 3.12. The molecule has 110 valence electrons. The molecule has 0 spiro atoms. The molecule has 0 atom stereocenters. The highest BCUT2D eigenvalue weighted by Gasteiger charge is 2.43. The number of amides is 1. The quantitative estimate of drug-likeness (QED) is 0.790. The lowest BCUT2D eigenvalue weighted by Crippen LogP contribution is -2.37. The third-order valence-electron chi connectivity index (χ3n) is 4.32. The second-order valence-corrected chi connectivity index (χ2v) is 7.54. The van der Waals surface area contributed by atoms with Gasteiger partial charge < -0.3 is 5.32 Å². The van der Waals surface area contributed by atoms with Crippen LogP contribution in [0.3, 0.4) is 0 Å². The smallest absolute Gasteiger partial charge is 0.235 e. The van der Waals surface area contributed by atoms with E-state index in [-0.39, 0.29) is 11.3 Å². The minimum Gasteiger partial charge on any atom is -0.325 e. The third kappa shape index (κ3) is 2.79. The molecule has 1 amide bonds. The van der Waals surface area contributed by atoms with Crippen molar-refractivity contribution >= 4 is 38.9 Å². The normalized spacial score (nSPS) is 16.9. The molecule has 21 heavy (non-hydrogen) atoms. The van der Waals surface area contributed by atoms with E-state index in [1.807, 2.05) is 31.2 Å². The number of anilines is 1. The van der Waals surface area contributed by atoms with Crippen molar-refractivity contribution < 1.29 is 4.79 Å². The molecule has 4 heteroatoms. The van der Waals surface area contributed by atoms with E-state index in [0.717, 1.165) is 41.4 Å². The summed E-state index contributed by atoms with van der Waals surface area (Å²) in [7, 11) is 0. The number of thiophene rings is 1. The maximum atomic E-state index is 13.0. The Bertz CT molecular complexity index is 645. The van der Waals surface area contributed by atoms with E-state index in [0.29, 0.717) is 0 Å². The average Bonchev–Trinajstić information content (AvgIpc) is 3.11. The molecule has 0 bridgehead atoms. The van der Waals surface area contributed by atoms with Crippen molar-refractivity contribution in [2.45, 2.75) is 38.0 Å². The van der Waals surface area contributed by atoms with Gasteiger partial charge in [-0.25, -0.2) is 0 Å². The van der Waals surface area contributed by atoms with Crippen molar-refractivity contribution in [2.75, 3.05) is 5.32 Å². The summed E-state index contributed by atoms with van der Waals surface area (Å²) in [4.78, 5) is 14.2. The second-order valence-electron chi connectivity index (χ2n) is 5.68. The molecule has 0 saturated heterocycles. The van der Waals surface area contributed by atoms with Crippen molar-refractivity contribution in [3.63, 3.8) is 0 Å². The number of carbonyl (C=O) groups is 1. The highest BCUT2D eigenvalue weighted by molar-refractivity contribution is 9.10. The number of rotatable bonds is 3. The largest absolute Gasteiger partial charge is 0.325 e. The number of aryl methyl sites for hydroxylation is 1. The van der Waals surface area contributed by atoms with Gasteiger partial charge in [0, 0.05) is 15.0 Å². The van der Waals surface area contributed by atoms with Crippen LogP contribution in [-0.2, 0) is 10.2 Å². The van der Waals surface area contributed by atoms with E-state index in [9.17, 15) is 4.79 Å². The third-order valence-corrected chi connectivity index (χ3v) is 5.89. The van der Waals surface area contributed by atoms with Crippen molar-refractivity contribution in [1.82, 2.24) is 0 Å². The van der Waals surface area contributed by atoms with Crippen LogP contribution < -0.4 is 5.32 Å². The Labute approximate surface area is 137 Å². The van der Waals surface area contributed by atoms with Gasteiger partial charge in [0.15, 0.2) is 0 Å². The predicted molar refractivity (Wildman–Crippen MR) is 92.0 cm³/mol. The number of carbonyl (C=O) groups excluding carboxylic acids is 1. The summed E-state index contributed by atoms with van der Waals surface area (Å²) in [5.41, 5.74) is 1.66. The fourth-order valence-corrected chi connectivity index (χ4v) is 4.58. The Balaban J connectivity index is 1.89. The lowest BCUT2D eigenvalue weighted by atomic mass is 9.83. The van der Waals surface area contributed by atoms with Crippen molar-refractivity contribution in [3.8, 4) is 0 Å². The van der Waals surface area contributed by atoms with Crippen molar-refractivity contribution in [2.24, 2.45) is 0 Å². The van der Waals surface area contributed by atoms with E-state index in [1.54, 1.807) is 11.3 Å². The minimum absolute atomic E-state index is 0.146. The Morgan fingerprint density at radius 2 is 2.05 bits per heavy atom. The van der Waals surface area contributed by atoms with Gasteiger partial charge in [0.2, 0.25) is 5.91 Å². The average molecular weight is 364 g/mol. The number of benzene rings is 1. The van der Waals surface area contributed by atoms with Crippen LogP contribution in [0.15, 0.2) is 40.2 Å². The standard InChI is InChI=1S/C17H18BrNOS/c1-12-11-13(18)6-7-14(12)19-16(20)17(8-2-3-9-17)15-5-4-10-21-15/h4-7,10-11H,2-3,8-9H2,1H3,(H,19,20). The molecule has 1 aliphatic carbocycles. The van der Waals surface area contributed by atoms with Crippen LogP contribution in [-0.4, -0.2) is 5.91 Å². The van der Waals surface area contributed by atoms with E-state index in [4.69, 9.17) is 0 Å². The Morgan fingerprint density at radius 1 is 1.29 bits per heavy atom. The molecule has 1 aromatic heterocycles. The topological polar surface area (TPSA) is 29.1 Å². The Kier molecular flexibility index (Phi) is 4.18. The van der Waals surface area contributed by atoms with Crippen LogP contribution >= 0.6 is 27.3 Å². The number of nitrogens with one attached hydrogen (secondary N) is 1. The maximum absolute atomic E-state index is 13.0. The summed E-state index contributed by atoms with van der Waals surface area (Å²) in [6.07, 6.45) is 4.17. The van der Waals surface area contributed by atoms with E-state index in [1.165, 1.54) is 4.88 Å². The number of hydrogen-bond donors (Lipinski definition) is 1. The summed E-state index contributed by atoms with van der Waals surface area (Å²) in [5, 5.41) is 5.22. The van der Waals surface area contributed by atoms with Gasteiger partial charge in [0.25, 0.3) is 0 Å². The molecular weight excluding hydrogens is 346 g/mol. The molecule has 3 rings (SSSR count). The van der Waals surface area contributed by atoms with Crippen molar-refractivity contribution in [3.05, 3.63) is 50.6 Å². The molecule has 0 radical (unpaired) electrons. The second kappa shape index (κ2) is 5.93. The van der Waals surface area contributed by atoms with Gasteiger partial charge in [-0.1, -0.05) is 34.8 Å². The molecule has 1 N–H and O–H groups in total. The van der Waals surface area contributed by atoms with Gasteiger partial charge in [-0.3, -0.25) is 4.79 Å². The molecule has 1 aliphatic rings. The summed E-state index contributed by atoms with van der Waals surface area (Å²) in [5.74, 6) is 0.146. The monoisotopic (exact) mass is 363 g/mol. The molecule has 0 aliphatic heterocycles. The first kappa shape index (κ1) is 14.8. The molecule has 2 aromatic rings. The van der Waals surface area contributed by atoms with Crippen LogP contribution in [0.2, 0.25) is 0 Å². The lowest BCUT2D eigenvalue weighted by molar-refractivity contribution is -0.121. The molecule has 2 nitrogen and oxygen atoms in total. The van der Waals surface area contributed by atoms with E-state index < -0.39 is 0 Å². The molecular formula is C17H18BrNOS. The van der Waals surface area contributed by atoms with Crippen LogP contribution in [0.5, 0.6) is 0 Å². The molecule has 1 aromatic carbocycles. The molecule has 1 fully saturated rings. The zero-order valence-electron chi connectivity index (χ0n) is 12.0. The summed E-state index contributed by atoms with van der Waals surface area (Å²) >= 11 is 5.16. The predicted octanol–water partition coefficient (Wildman–Crippen LogP) is 5.27. The van der Waals surface area contributed by atoms with Crippen LogP contribution in [0.25, 0.3) is 0 Å². The van der Waals surface area contributed by atoms with Gasteiger partial charge in [0.1, 0.15) is 0 Å². The Hall–Kier alpha value is -1.13. The summed E-state index contributed by atoms with van der Waals surface area (Å²) in [6.45, 7) is 2.02. The molecule has 1 saturated carbocycles. The van der Waals surface area contributed by atoms with Gasteiger partial charge in [-0.05, 0) is 55.0 Å². The van der Waals surface area contributed by atoms with Gasteiger partial charge >= 0.3 is 0 Å². The lowest BCUT2D eigenvalue weighted by Gasteiger charge is -2.27. The van der Waals surface area contributed by atoms with Crippen molar-refractivity contribution in [1.29, 1.82) is 0 Å². The molecule has 1 heterocycles. The zero-order valence-corrected chi connectivity index (χ0v) is 14.4. The van der Waals surface area contributed by atoms with Gasteiger partial charge in [-0.2, -0.15) is 0 Å². The van der Waals surface area contributed by atoms with Crippen LogP contribution in [0.4, 0.5) is 5.69 Å². The number of hydrogen-bond acceptors (Lipinski definition) is 2. The SMILES string of the molecule is Cc1cc(Br)ccc1NC(=O)C1(c2cccs2)CCCC1. The summed E-state index contributed by atoms with van der Waals surface area (Å²) < 4.78 is 1.03. The summed E-state index contributed by atoms with van der Waals surface area (Å²) in [6, 6.07) is 10.1. The first-order chi connectivity index (χ1) is 10.1. The highest BCUT2D eigenvalue weighted by Crippen LogP contribution is 2.44. The molecule has 0 unspecified atom stereocenters. The van der Waals surface area contributed by atoms with Crippen LogP contribution in [0.1, 0.15) is 36.1 Å². The van der Waals surface area contributed by atoms with Gasteiger partial charge in [-0.15, -0.1) is 11.3 Å². The fraction of sp³-hybridized carbons (Fsp3) is 0.353.